The van der Waals surface area contributed by atoms with Crippen LogP contribution < -0.4 is 9.92 Å². The van der Waals surface area contributed by atoms with E-state index in [0.29, 0.717) is 0 Å². The summed E-state index contributed by atoms with van der Waals surface area (Å²) in [6, 6.07) is 8.68. The lowest BCUT2D eigenvalue weighted by Gasteiger charge is -2.35. The molecule has 1 aromatic rings. The lowest BCUT2D eigenvalue weighted by atomic mass is 10.3. The van der Waals surface area contributed by atoms with Gasteiger partial charge in [-0.05, 0) is 12.1 Å². The second-order valence-electron chi connectivity index (χ2n) is 5.60. The van der Waals surface area contributed by atoms with Gasteiger partial charge in [-0.2, -0.15) is 0 Å². The van der Waals surface area contributed by atoms with Crippen molar-refractivity contribution < 1.29 is 4.74 Å². The second kappa shape index (κ2) is 4.14. The Bertz CT molecular complexity index is 322. The highest BCUT2D eigenvalue weighted by Gasteiger charge is 2.38. The maximum atomic E-state index is 5.19. The largest absolute Gasteiger partial charge is 0.497 e. The molecule has 1 nitrogen and oxygen atoms in total. The molecule has 0 radical (unpaired) electrons. The van der Waals surface area contributed by atoms with Gasteiger partial charge < -0.3 is 4.74 Å². The molecule has 0 amide bonds. The summed E-state index contributed by atoms with van der Waals surface area (Å²) in [5.41, 5.74) is 0. The number of hydrogen-bond acceptors (Lipinski definition) is 1. The Labute approximate surface area is 95.3 Å². The Morgan fingerprint density at radius 1 is 0.867 bits per heavy atom. The van der Waals surface area contributed by atoms with Crippen LogP contribution in [0.15, 0.2) is 24.3 Å². The second-order valence-corrected chi connectivity index (χ2v) is 22.2. The molecular formula is C12H22OSi2. The van der Waals surface area contributed by atoms with Gasteiger partial charge in [-0.3, -0.25) is 0 Å². The smallest absolute Gasteiger partial charge is 0.118 e. The summed E-state index contributed by atoms with van der Waals surface area (Å²) in [6.45, 7) is 12.4. The van der Waals surface area contributed by atoms with E-state index in [-0.39, 0.29) is 0 Å². The normalized spacial score (nSPS) is 12.7. The molecule has 0 atom stereocenters. The molecule has 15 heavy (non-hydrogen) atoms. The van der Waals surface area contributed by atoms with E-state index in [4.69, 9.17) is 4.74 Å². The van der Waals surface area contributed by atoms with Crippen molar-refractivity contribution in [3.8, 4) is 5.75 Å². The molecule has 0 saturated heterocycles. The summed E-state index contributed by atoms with van der Waals surface area (Å²) >= 11 is 0. The van der Waals surface area contributed by atoms with Crippen LogP contribution in [0.2, 0.25) is 32.7 Å². The Kier molecular flexibility index (Phi) is 3.46. The quantitative estimate of drug-likeness (QED) is 0.736. The van der Waals surface area contributed by atoms with Gasteiger partial charge in [0, 0.05) is 7.59 Å². The minimum atomic E-state index is -1.23. The molecule has 0 fully saturated rings. The van der Waals surface area contributed by atoms with Crippen molar-refractivity contribution in [3.05, 3.63) is 24.3 Å². The fourth-order valence-electron chi connectivity index (χ4n) is 1.44. The van der Waals surface area contributed by atoms with Crippen molar-refractivity contribution in [3.63, 3.8) is 0 Å². The molecule has 0 saturated carbocycles. The summed E-state index contributed by atoms with van der Waals surface area (Å²) in [6.07, 6.45) is 0. The summed E-state index contributed by atoms with van der Waals surface area (Å²) in [5, 5.41) is 1.56. The summed E-state index contributed by atoms with van der Waals surface area (Å²) < 4.78 is 5.19. The van der Waals surface area contributed by atoms with E-state index < -0.39 is 15.2 Å². The number of benzene rings is 1. The fraction of sp³-hybridized carbons (Fsp3) is 0.500. The van der Waals surface area contributed by atoms with Crippen molar-refractivity contribution in [1.82, 2.24) is 0 Å². The van der Waals surface area contributed by atoms with Crippen molar-refractivity contribution in [2.24, 2.45) is 0 Å². The summed E-state index contributed by atoms with van der Waals surface area (Å²) in [5.74, 6) is 0.958. The van der Waals surface area contributed by atoms with Crippen LogP contribution in [0.3, 0.4) is 0 Å². The molecule has 84 valence electrons. The van der Waals surface area contributed by atoms with Gasteiger partial charge in [0.25, 0.3) is 0 Å². The highest BCUT2D eigenvalue weighted by molar-refractivity contribution is 7.45. The molecule has 0 aliphatic rings. The average molecular weight is 238 g/mol. The van der Waals surface area contributed by atoms with E-state index in [9.17, 15) is 0 Å². The molecule has 1 aromatic carbocycles. The van der Waals surface area contributed by atoms with Crippen LogP contribution in [0.4, 0.5) is 0 Å². The lowest BCUT2D eigenvalue weighted by molar-refractivity contribution is 0.415. The third-order valence-corrected chi connectivity index (χ3v) is 21.3. The van der Waals surface area contributed by atoms with Gasteiger partial charge in [0.15, 0.2) is 0 Å². The molecule has 0 aromatic heterocycles. The van der Waals surface area contributed by atoms with Crippen molar-refractivity contribution in [1.29, 1.82) is 0 Å². The zero-order chi connectivity index (χ0) is 11.7. The molecule has 3 heteroatoms. The van der Waals surface area contributed by atoms with E-state index in [1.165, 1.54) is 0 Å². The summed E-state index contributed by atoms with van der Waals surface area (Å²) in [7, 11) is -0.570. The number of methoxy groups -OCH3 is 1. The first-order valence-electron chi connectivity index (χ1n) is 5.43. The van der Waals surface area contributed by atoms with Crippen LogP contribution in [-0.4, -0.2) is 22.3 Å². The van der Waals surface area contributed by atoms with Gasteiger partial charge in [-0.25, -0.2) is 0 Å². The van der Waals surface area contributed by atoms with Crippen molar-refractivity contribution in [2.45, 2.75) is 32.7 Å². The Balaban J connectivity index is 3.06. The van der Waals surface area contributed by atoms with Gasteiger partial charge in [0.2, 0.25) is 0 Å². The molecule has 0 spiro atoms. The maximum absolute atomic E-state index is 5.19. The van der Waals surface area contributed by atoms with Crippen molar-refractivity contribution in [2.75, 3.05) is 7.11 Å². The first-order chi connectivity index (χ1) is 6.79. The molecule has 1 rings (SSSR count). The zero-order valence-electron chi connectivity index (χ0n) is 10.7. The van der Waals surface area contributed by atoms with E-state index in [1.54, 1.807) is 12.3 Å². The lowest BCUT2D eigenvalue weighted by Crippen LogP contribution is -2.61. The van der Waals surface area contributed by atoms with Crippen molar-refractivity contribution >= 4 is 20.4 Å². The third kappa shape index (κ3) is 2.52. The van der Waals surface area contributed by atoms with E-state index in [1.807, 2.05) is 0 Å². The van der Waals surface area contributed by atoms with Crippen LogP contribution >= 0.6 is 0 Å². The number of rotatable bonds is 3. The van der Waals surface area contributed by atoms with Crippen LogP contribution in [0.5, 0.6) is 5.75 Å². The zero-order valence-corrected chi connectivity index (χ0v) is 12.7. The predicted octanol–water partition coefficient (Wildman–Crippen LogP) is 3.03. The molecule has 0 aliphatic heterocycles. The molecular weight excluding hydrogens is 216 g/mol. The van der Waals surface area contributed by atoms with Crippen LogP contribution in [-0.2, 0) is 0 Å². The minimum Gasteiger partial charge on any atom is -0.497 e. The molecule has 0 bridgehead atoms. The minimum absolute atomic E-state index is 0.958. The first kappa shape index (κ1) is 12.5. The van der Waals surface area contributed by atoms with Gasteiger partial charge in [-0.15, -0.1) is 0 Å². The Morgan fingerprint density at radius 2 is 1.33 bits per heavy atom. The predicted molar refractivity (Wildman–Crippen MR) is 73.5 cm³/mol. The SMILES string of the molecule is COc1ccc([Si](C)(C)[Si](C)(C)C)cc1. The van der Waals surface area contributed by atoms with Gasteiger partial charge >= 0.3 is 0 Å². The molecule has 0 unspecified atom stereocenters. The Hall–Kier alpha value is -0.546. The van der Waals surface area contributed by atoms with Crippen LogP contribution in [0.1, 0.15) is 0 Å². The topological polar surface area (TPSA) is 9.23 Å². The molecule has 0 aliphatic carbocycles. The maximum Gasteiger partial charge on any atom is 0.118 e. The van der Waals surface area contributed by atoms with E-state index in [2.05, 4.69) is 57.0 Å². The van der Waals surface area contributed by atoms with Gasteiger partial charge in [0.1, 0.15) is 5.75 Å². The van der Waals surface area contributed by atoms with E-state index >= 15 is 0 Å². The van der Waals surface area contributed by atoms with Crippen LogP contribution in [0.25, 0.3) is 0 Å². The average Bonchev–Trinajstić information content (AvgIpc) is 2.16. The summed E-state index contributed by atoms with van der Waals surface area (Å²) in [4.78, 5) is 0. The first-order valence-corrected chi connectivity index (χ1v) is 12.9. The van der Waals surface area contributed by atoms with E-state index in [0.717, 1.165) is 5.75 Å². The monoisotopic (exact) mass is 238 g/mol. The Morgan fingerprint density at radius 3 is 1.67 bits per heavy atom. The molecule has 0 heterocycles. The number of ether oxygens (including phenoxy) is 1. The standard InChI is InChI=1S/C12H22OSi2/c1-13-11-7-9-12(10-8-11)15(5,6)14(2,3)4/h7-10H,1-6H3. The van der Waals surface area contributed by atoms with Gasteiger partial charge in [-0.1, -0.05) is 50.1 Å². The third-order valence-electron chi connectivity index (χ3n) is 3.69. The number of hydrogen-bond donors (Lipinski definition) is 0. The van der Waals surface area contributed by atoms with Crippen LogP contribution in [0, 0.1) is 0 Å². The molecule has 0 N–H and O–H groups in total. The highest BCUT2D eigenvalue weighted by atomic mass is 29.3. The highest BCUT2D eigenvalue weighted by Crippen LogP contribution is 2.19. The van der Waals surface area contributed by atoms with Gasteiger partial charge in [0.05, 0.1) is 14.7 Å². The fourth-order valence-corrected chi connectivity index (χ4v) is 6.40.